The van der Waals surface area contributed by atoms with E-state index in [1.807, 2.05) is 18.2 Å². The van der Waals surface area contributed by atoms with Crippen LogP contribution in [0, 0.1) is 6.92 Å². The number of anilines is 2. The highest BCUT2D eigenvalue weighted by Gasteiger charge is 2.06. The van der Waals surface area contributed by atoms with Crippen LogP contribution >= 0.6 is 0 Å². The second-order valence-electron chi connectivity index (χ2n) is 3.98. The molecule has 1 heterocycles. The fourth-order valence-corrected chi connectivity index (χ4v) is 1.78. The van der Waals surface area contributed by atoms with E-state index in [-0.39, 0.29) is 0 Å². The van der Waals surface area contributed by atoms with Gasteiger partial charge < -0.3 is 11.1 Å². The summed E-state index contributed by atoms with van der Waals surface area (Å²) >= 11 is 0. The third-order valence-electron chi connectivity index (χ3n) is 2.65. The molecule has 1 aliphatic rings. The van der Waals surface area contributed by atoms with Gasteiger partial charge in [-0.3, -0.25) is 4.99 Å². The van der Waals surface area contributed by atoms with Crippen molar-refractivity contribution in [1.82, 2.24) is 0 Å². The summed E-state index contributed by atoms with van der Waals surface area (Å²) in [4.78, 5) is 4.46. The Balaban J connectivity index is 2.13. The Morgan fingerprint density at radius 2 is 2.20 bits per heavy atom. The Labute approximate surface area is 90.4 Å². The molecule has 0 amide bonds. The molecule has 0 spiro atoms. The van der Waals surface area contributed by atoms with Gasteiger partial charge in [-0.15, -0.1) is 0 Å². The number of nitrogen functional groups attached to an aromatic ring is 1. The molecule has 0 saturated heterocycles. The van der Waals surface area contributed by atoms with Crippen molar-refractivity contribution in [2.45, 2.75) is 26.2 Å². The standard InChI is InChI=1S/C12H17N3/c1-9-8-10(13)5-6-11(9)15-12-4-2-3-7-14-12/h5-6,8H,2-4,7,13H2,1H3,(H,14,15). The monoisotopic (exact) mass is 203 g/mol. The van der Waals surface area contributed by atoms with Gasteiger partial charge in [-0.05, 0) is 43.5 Å². The first-order chi connectivity index (χ1) is 7.25. The largest absolute Gasteiger partial charge is 0.399 e. The minimum Gasteiger partial charge on any atom is -0.399 e. The van der Waals surface area contributed by atoms with E-state index in [1.165, 1.54) is 18.4 Å². The number of hydrogen-bond donors (Lipinski definition) is 2. The van der Waals surface area contributed by atoms with Crippen molar-refractivity contribution in [3.05, 3.63) is 23.8 Å². The zero-order valence-corrected chi connectivity index (χ0v) is 9.09. The fourth-order valence-electron chi connectivity index (χ4n) is 1.78. The summed E-state index contributed by atoms with van der Waals surface area (Å²) in [5, 5.41) is 3.37. The number of aliphatic imine (C=N–C) groups is 1. The number of benzene rings is 1. The van der Waals surface area contributed by atoms with Crippen LogP contribution in [0.15, 0.2) is 23.2 Å². The van der Waals surface area contributed by atoms with E-state index >= 15 is 0 Å². The molecule has 3 N–H and O–H groups in total. The molecule has 0 radical (unpaired) electrons. The molecule has 1 aliphatic heterocycles. The van der Waals surface area contributed by atoms with E-state index in [0.29, 0.717) is 0 Å². The van der Waals surface area contributed by atoms with Gasteiger partial charge in [0, 0.05) is 24.3 Å². The molecule has 1 aromatic carbocycles. The van der Waals surface area contributed by atoms with Crippen LogP contribution in [0.4, 0.5) is 11.4 Å². The maximum Gasteiger partial charge on any atom is 0.101 e. The van der Waals surface area contributed by atoms with Crippen LogP contribution < -0.4 is 11.1 Å². The summed E-state index contributed by atoms with van der Waals surface area (Å²) in [6.07, 6.45) is 3.51. The van der Waals surface area contributed by atoms with Gasteiger partial charge in [0.15, 0.2) is 0 Å². The quantitative estimate of drug-likeness (QED) is 0.689. The molecule has 2 rings (SSSR count). The zero-order valence-electron chi connectivity index (χ0n) is 9.09. The number of amidine groups is 1. The lowest BCUT2D eigenvalue weighted by molar-refractivity contribution is 0.737. The molecule has 0 saturated carbocycles. The van der Waals surface area contributed by atoms with Crippen LogP contribution in [-0.2, 0) is 0 Å². The van der Waals surface area contributed by atoms with Crippen LogP contribution in [0.3, 0.4) is 0 Å². The Morgan fingerprint density at radius 1 is 1.33 bits per heavy atom. The molecule has 15 heavy (non-hydrogen) atoms. The first kappa shape index (κ1) is 10.0. The van der Waals surface area contributed by atoms with Crippen molar-refractivity contribution in [2.24, 2.45) is 4.99 Å². The normalized spacial score (nSPS) is 15.9. The number of hydrogen-bond acceptors (Lipinski definition) is 3. The Bertz CT molecular complexity index is 382. The molecule has 80 valence electrons. The molecule has 0 unspecified atom stereocenters. The molecule has 0 fully saturated rings. The van der Waals surface area contributed by atoms with Gasteiger partial charge in [0.1, 0.15) is 5.84 Å². The number of nitrogens with two attached hydrogens (primary N) is 1. The molecule has 0 bridgehead atoms. The Kier molecular flexibility index (Phi) is 2.90. The maximum atomic E-state index is 5.70. The summed E-state index contributed by atoms with van der Waals surface area (Å²) in [6.45, 7) is 3.01. The molecular formula is C12H17N3. The molecule has 3 nitrogen and oxygen atoms in total. The average Bonchev–Trinajstić information content (AvgIpc) is 2.24. The van der Waals surface area contributed by atoms with E-state index < -0.39 is 0 Å². The molecule has 3 heteroatoms. The van der Waals surface area contributed by atoms with E-state index in [0.717, 1.165) is 30.2 Å². The second kappa shape index (κ2) is 4.34. The van der Waals surface area contributed by atoms with Crippen LogP contribution in [0.1, 0.15) is 24.8 Å². The van der Waals surface area contributed by atoms with E-state index in [1.54, 1.807) is 0 Å². The second-order valence-corrected chi connectivity index (χ2v) is 3.98. The number of rotatable bonds is 1. The lowest BCUT2D eigenvalue weighted by Gasteiger charge is -2.15. The van der Waals surface area contributed by atoms with Gasteiger partial charge in [-0.1, -0.05) is 0 Å². The first-order valence-electron chi connectivity index (χ1n) is 5.42. The van der Waals surface area contributed by atoms with Crippen LogP contribution in [0.2, 0.25) is 0 Å². The summed E-state index contributed by atoms with van der Waals surface area (Å²) in [5.41, 5.74) is 8.80. The number of aryl methyl sites for hydroxylation is 1. The van der Waals surface area contributed by atoms with Gasteiger partial charge in [-0.2, -0.15) is 0 Å². The van der Waals surface area contributed by atoms with Crippen LogP contribution in [0.25, 0.3) is 0 Å². The minimum absolute atomic E-state index is 0.809. The average molecular weight is 203 g/mol. The summed E-state index contributed by atoms with van der Waals surface area (Å²) in [6, 6.07) is 5.91. The van der Waals surface area contributed by atoms with Crippen molar-refractivity contribution >= 4 is 17.2 Å². The molecule has 0 atom stereocenters. The highest BCUT2D eigenvalue weighted by atomic mass is 15.0. The van der Waals surface area contributed by atoms with E-state index in [9.17, 15) is 0 Å². The summed E-state index contributed by atoms with van der Waals surface area (Å²) in [7, 11) is 0. The third-order valence-corrected chi connectivity index (χ3v) is 2.65. The molecule has 1 aromatic rings. The van der Waals surface area contributed by atoms with Crippen molar-refractivity contribution < 1.29 is 0 Å². The van der Waals surface area contributed by atoms with Gasteiger partial charge in [-0.25, -0.2) is 0 Å². The van der Waals surface area contributed by atoms with Crippen molar-refractivity contribution in [1.29, 1.82) is 0 Å². The highest BCUT2D eigenvalue weighted by molar-refractivity contribution is 5.96. The molecule has 0 aliphatic carbocycles. The summed E-state index contributed by atoms with van der Waals surface area (Å²) < 4.78 is 0. The van der Waals surface area contributed by atoms with E-state index in [2.05, 4.69) is 17.2 Å². The predicted molar refractivity (Wildman–Crippen MR) is 65.4 cm³/mol. The predicted octanol–water partition coefficient (Wildman–Crippen LogP) is 2.57. The SMILES string of the molecule is Cc1cc(N)ccc1NC1=NCCCC1. The Hall–Kier alpha value is -1.51. The topological polar surface area (TPSA) is 50.4 Å². The maximum absolute atomic E-state index is 5.70. The number of nitrogens with one attached hydrogen (secondary N) is 1. The Morgan fingerprint density at radius 3 is 2.87 bits per heavy atom. The van der Waals surface area contributed by atoms with Crippen molar-refractivity contribution in [3.8, 4) is 0 Å². The zero-order chi connectivity index (χ0) is 10.7. The van der Waals surface area contributed by atoms with Gasteiger partial charge in [0.05, 0.1) is 0 Å². The van der Waals surface area contributed by atoms with Gasteiger partial charge in [0.25, 0.3) is 0 Å². The minimum atomic E-state index is 0.809. The summed E-state index contributed by atoms with van der Waals surface area (Å²) in [5.74, 6) is 1.11. The smallest absolute Gasteiger partial charge is 0.101 e. The van der Waals surface area contributed by atoms with Crippen LogP contribution in [0.5, 0.6) is 0 Å². The first-order valence-corrected chi connectivity index (χ1v) is 5.42. The molecular weight excluding hydrogens is 186 g/mol. The fraction of sp³-hybridized carbons (Fsp3) is 0.417. The van der Waals surface area contributed by atoms with E-state index in [4.69, 9.17) is 5.73 Å². The van der Waals surface area contributed by atoms with Gasteiger partial charge in [0.2, 0.25) is 0 Å². The van der Waals surface area contributed by atoms with Gasteiger partial charge >= 0.3 is 0 Å². The third kappa shape index (κ3) is 2.49. The van der Waals surface area contributed by atoms with Crippen molar-refractivity contribution in [2.75, 3.05) is 17.6 Å². The highest BCUT2D eigenvalue weighted by Crippen LogP contribution is 2.19. The molecule has 0 aromatic heterocycles. The number of nitrogens with zero attached hydrogens (tertiary/aromatic N) is 1. The lowest BCUT2D eigenvalue weighted by atomic mass is 10.1. The lowest BCUT2D eigenvalue weighted by Crippen LogP contribution is -2.16. The van der Waals surface area contributed by atoms with Crippen molar-refractivity contribution in [3.63, 3.8) is 0 Å². The van der Waals surface area contributed by atoms with Crippen LogP contribution in [-0.4, -0.2) is 12.4 Å².